The standard InChI is InChI=1S/C16H17N3O2S/c20-15(10-19-16(21)14-2-1-5-22-14)18-7-11-3-4-12-8-17-9-13(12)6-11/h1-6,17H,7-10H2,(H,18,20)(H,19,21). The summed E-state index contributed by atoms with van der Waals surface area (Å²) in [6.45, 7) is 2.26. The molecule has 1 aliphatic rings. The van der Waals surface area contributed by atoms with Crippen molar-refractivity contribution >= 4 is 23.2 Å². The summed E-state index contributed by atoms with van der Waals surface area (Å²) >= 11 is 1.35. The van der Waals surface area contributed by atoms with Crippen LogP contribution < -0.4 is 16.0 Å². The minimum absolute atomic E-state index is 0.0107. The van der Waals surface area contributed by atoms with E-state index in [-0.39, 0.29) is 18.4 Å². The lowest BCUT2D eigenvalue weighted by Gasteiger charge is -2.08. The van der Waals surface area contributed by atoms with E-state index < -0.39 is 0 Å². The van der Waals surface area contributed by atoms with Crippen LogP contribution in [0.25, 0.3) is 0 Å². The summed E-state index contributed by atoms with van der Waals surface area (Å²) in [4.78, 5) is 24.1. The Labute approximate surface area is 132 Å². The third kappa shape index (κ3) is 3.52. The van der Waals surface area contributed by atoms with Crippen molar-refractivity contribution in [3.8, 4) is 0 Å². The van der Waals surface area contributed by atoms with Crippen LogP contribution in [0.3, 0.4) is 0 Å². The number of amides is 2. The molecular formula is C16H17N3O2S. The molecule has 0 saturated heterocycles. The summed E-state index contributed by atoms with van der Waals surface area (Å²) in [5.74, 6) is -0.405. The molecule has 1 aromatic carbocycles. The topological polar surface area (TPSA) is 70.2 Å². The number of carbonyl (C=O) groups is 2. The first-order valence-electron chi connectivity index (χ1n) is 7.12. The largest absolute Gasteiger partial charge is 0.350 e. The summed E-state index contributed by atoms with van der Waals surface area (Å²) in [6.07, 6.45) is 0. The molecule has 0 bridgehead atoms. The molecular weight excluding hydrogens is 298 g/mol. The van der Waals surface area contributed by atoms with Gasteiger partial charge in [0.2, 0.25) is 5.91 Å². The van der Waals surface area contributed by atoms with Crippen LogP contribution in [-0.2, 0) is 24.4 Å². The first-order chi connectivity index (χ1) is 10.7. The number of fused-ring (bicyclic) bond motifs is 1. The molecule has 114 valence electrons. The predicted molar refractivity (Wildman–Crippen MR) is 85.5 cm³/mol. The number of benzene rings is 1. The Bertz CT molecular complexity index is 683. The third-order valence-corrected chi connectivity index (χ3v) is 4.41. The Balaban J connectivity index is 1.45. The highest BCUT2D eigenvalue weighted by Gasteiger charge is 2.11. The predicted octanol–water partition coefficient (Wildman–Crippen LogP) is 1.40. The number of hydrogen-bond donors (Lipinski definition) is 3. The van der Waals surface area contributed by atoms with Crippen molar-refractivity contribution in [2.75, 3.05) is 6.54 Å². The Kier molecular flexibility index (Phi) is 4.50. The van der Waals surface area contributed by atoms with E-state index in [9.17, 15) is 9.59 Å². The van der Waals surface area contributed by atoms with E-state index in [2.05, 4.69) is 28.1 Å². The van der Waals surface area contributed by atoms with Crippen LogP contribution in [-0.4, -0.2) is 18.4 Å². The molecule has 22 heavy (non-hydrogen) atoms. The quantitative estimate of drug-likeness (QED) is 0.781. The van der Waals surface area contributed by atoms with Gasteiger partial charge in [0.1, 0.15) is 0 Å². The summed E-state index contributed by atoms with van der Waals surface area (Å²) < 4.78 is 0. The zero-order valence-corrected chi connectivity index (χ0v) is 12.8. The van der Waals surface area contributed by atoms with Gasteiger partial charge in [0.25, 0.3) is 5.91 Å². The summed E-state index contributed by atoms with van der Waals surface area (Å²) in [5, 5.41) is 10.6. The highest BCUT2D eigenvalue weighted by molar-refractivity contribution is 7.12. The van der Waals surface area contributed by atoms with Crippen molar-refractivity contribution < 1.29 is 9.59 Å². The first kappa shape index (κ1) is 14.7. The lowest BCUT2D eigenvalue weighted by Crippen LogP contribution is -2.36. The SMILES string of the molecule is O=C(CNC(=O)c1cccs1)NCc1ccc2c(c1)CNC2. The second-order valence-corrected chi connectivity index (χ2v) is 6.09. The summed E-state index contributed by atoms with van der Waals surface area (Å²) in [6, 6.07) is 9.77. The van der Waals surface area contributed by atoms with Gasteiger partial charge < -0.3 is 16.0 Å². The fourth-order valence-electron chi connectivity index (χ4n) is 2.38. The van der Waals surface area contributed by atoms with Crippen molar-refractivity contribution in [2.24, 2.45) is 0 Å². The maximum atomic E-state index is 11.8. The lowest BCUT2D eigenvalue weighted by atomic mass is 10.1. The van der Waals surface area contributed by atoms with Crippen LogP contribution in [0.15, 0.2) is 35.7 Å². The van der Waals surface area contributed by atoms with Crippen molar-refractivity contribution in [1.82, 2.24) is 16.0 Å². The fraction of sp³-hybridized carbons (Fsp3) is 0.250. The molecule has 0 atom stereocenters. The van der Waals surface area contributed by atoms with E-state index in [0.717, 1.165) is 18.7 Å². The summed E-state index contributed by atoms with van der Waals surface area (Å²) in [7, 11) is 0. The van der Waals surface area contributed by atoms with Crippen molar-refractivity contribution in [2.45, 2.75) is 19.6 Å². The zero-order valence-electron chi connectivity index (χ0n) is 12.0. The van der Waals surface area contributed by atoms with Crippen molar-refractivity contribution in [1.29, 1.82) is 0 Å². The molecule has 3 N–H and O–H groups in total. The van der Waals surface area contributed by atoms with Gasteiger partial charge in [-0.15, -0.1) is 11.3 Å². The van der Waals surface area contributed by atoms with E-state index in [1.165, 1.54) is 22.5 Å². The first-order valence-corrected chi connectivity index (χ1v) is 8.00. The van der Waals surface area contributed by atoms with Crippen molar-refractivity contribution in [3.05, 3.63) is 57.3 Å². The van der Waals surface area contributed by atoms with Gasteiger partial charge in [0.05, 0.1) is 11.4 Å². The molecule has 0 unspecified atom stereocenters. The molecule has 0 saturated carbocycles. The Morgan fingerprint density at radius 3 is 2.82 bits per heavy atom. The highest BCUT2D eigenvalue weighted by Crippen LogP contribution is 2.16. The van der Waals surface area contributed by atoms with E-state index in [4.69, 9.17) is 0 Å². The van der Waals surface area contributed by atoms with Crippen molar-refractivity contribution in [3.63, 3.8) is 0 Å². The van der Waals surface area contributed by atoms with Gasteiger partial charge in [-0.1, -0.05) is 24.3 Å². The second-order valence-electron chi connectivity index (χ2n) is 5.14. The molecule has 1 aromatic heterocycles. The van der Waals surface area contributed by atoms with E-state index >= 15 is 0 Å². The molecule has 0 spiro atoms. The number of nitrogens with one attached hydrogen (secondary N) is 3. The molecule has 0 radical (unpaired) electrons. The molecule has 2 amide bonds. The van der Waals surface area contributed by atoms with Gasteiger partial charge in [-0.05, 0) is 28.1 Å². The third-order valence-electron chi connectivity index (χ3n) is 3.55. The van der Waals surface area contributed by atoms with Crippen LogP contribution in [0.4, 0.5) is 0 Å². The van der Waals surface area contributed by atoms with E-state index in [1.54, 1.807) is 6.07 Å². The van der Waals surface area contributed by atoms with Crippen LogP contribution in [0.5, 0.6) is 0 Å². The van der Waals surface area contributed by atoms with Crippen LogP contribution in [0, 0.1) is 0 Å². The summed E-state index contributed by atoms with van der Waals surface area (Å²) in [5.41, 5.74) is 3.68. The lowest BCUT2D eigenvalue weighted by molar-refractivity contribution is -0.120. The molecule has 6 heteroatoms. The molecule has 5 nitrogen and oxygen atoms in total. The maximum Gasteiger partial charge on any atom is 0.261 e. The minimum atomic E-state index is -0.214. The molecule has 2 heterocycles. The van der Waals surface area contributed by atoms with Gasteiger partial charge in [-0.3, -0.25) is 9.59 Å². The molecule has 0 aliphatic carbocycles. The average Bonchev–Trinajstić information content (AvgIpc) is 3.20. The van der Waals surface area contributed by atoms with Crippen LogP contribution in [0.2, 0.25) is 0 Å². The molecule has 0 fully saturated rings. The molecule has 3 rings (SSSR count). The maximum absolute atomic E-state index is 11.8. The normalized spacial score (nSPS) is 12.7. The molecule has 1 aliphatic heterocycles. The van der Waals surface area contributed by atoms with Gasteiger partial charge >= 0.3 is 0 Å². The highest BCUT2D eigenvalue weighted by atomic mass is 32.1. The van der Waals surface area contributed by atoms with E-state index in [1.807, 2.05) is 17.5 Å². The number of rotatable bonds is 5. The number of thiophene rings is 1. The fourth-order valence-corrected chi connectivity index (χ4v) is 3.02. The smallest absolute Gasteiger partial charge is 0.261 e. The van der Waals surface area contributed by atoms with Crippen LogP contribution >= 0.6 is 11.3 Å². The van der Waals surface area contributed by atoms with E-state index in [0.29, 0.717) is 11.4 Å². The van der Waals surface area contributed by atoms with Crippen LogP contribution in [0.1, 0.15) is 26.4 Å². The second kappa shape index (κ2) is 6.72. The zero-order chi connectivity index (χ0) is 15.4. The monoisotopic (exact) mass is 315 g/mol. The molecule has 2 aromatic rings. The average molecular weight is 315 g/mol. The Morgan fingerprint density at radius 1 is 1.14 bits per heavy atom. The minimum Gasteiger partial charge on any atom is -0.350 e. The van der Waals surface area contributed by atoms with Gasteiger partial charge in [-0.2, -0.15) is 0 Å². The van der Waals surface area contributed by atoms with Gasteiger partial charge in [0, 0.05) is 19.6 Å². The number of hydrogen-bond acceptors (Lipinski definition) is 4. The van der Waals surface area contributed by atoms with Gasteiger partial charge in [0.15, 0.2) is 0 Å². The van der Waals surface area contributed by atoms with Gasteiger partial charge in [-0.25, -0.2) is 0 Å². The Hall–Kier alpha value is -2.18. The number of carbonyl (C=O) groups excluding carboxylic acids is 2. The Morgan fingerprint density at radius 2 is 2.00 bits per heavy atom.